The summed E-state index contributed by atoms with van der Waals surface area (Å²) in [6.45, 7) is 4.29. The molecule has 0 saturated carbocycles. The van der Waals surface area contributed by atoms with E-state index in [2.05, 4.69) is 20.9 Å². The van der Waals surface area contributed by atoms with E-state index in [1.807, 2.05) is 26.0 Å². The summed E-state index contributed by atoms with van der Waals surface area (Å²) in [7, 11) is 0. The molecule has 1 aromatic carbocycles. The Morgan fingerprint density at radius 3 is 2.68 bits per heavy atom. The molecule has 2 aromatic rings. The molecule has 0 atom stereocenters. The molecule has 100 valence electrons. The monoisotopic (exact) mass is 340 g/mol. The van der Waals surface area contributed by atoms with Crippen LogP contribution < -0.4 is 10.5 Å². The maximum Gasteiger partial charge on any atom is 0.224 e. The molecule has 0 aliphatic heterocycles. The summed E-state index contributed by atoms with van der Waals surface area (Å²) in [4.78, 5) is 4.39. The van der Waals surface area contributed by atoms with Crippen molar-refractivity contribution in [1.29, 1.82) is 0 Å². The minimum atomic E-state index is 0.378. The molecule has 0 saturated heterocycles. The number of hydrogen-bond acceptors (Lipinski definition) is 3. The standard InChI is InChI=1S/C14H14BrClN2O/c1-8-5-9(2)18-14(11(8)7-17)19-13-4-3-10(15)6-12(13)16/h3-6H,7,17H2,1-2H3. The van der Waals surface area contributed by atoms with Crippen molar-refractivity contribution in [3.63, 3.8) is 0 Å². The number of hydrogen-bond donors (Lipinski definition) is 1. The average Bonchev–Trinajstić information content (AvgIpc) is 2.32. The predicted molar refractivity (Wildman–Crippen MR) is 80.8 cm³/mol. The molecule has 0 bridgehead atoms. The number of benzene rings is 1. The first-order chi connectivity index (χ1) is 9.01. The van der Waals surface area contributed by atoms with Gasteiger partial charge < -0.3 is 10.5 Å². The summed E-state index contributed by atoms with van der Waals surface area (Å²) in [5.41, 5.74) is 8.60. The van der Waals surface area contributed by atoms with Gasteiger partial charge >= 0.3 is 0 Å². The van der Waals surface area contributed by atoms with E-state index in [1.165, 1.54) is 0 Å². The van der Waals surface area contributed by atoms with Gasteiger partial charge in [-0.25, -0.2) is 4.98 Å². The van der Waals surface area contributed by atoms with Crippen LogP contribution in [0.5, 0.6) is 11.6 Å². The van der Waals surface area contributed by atoms with E-state index in [4.69, 9.17) is 22.1 Å². The first kappa shape index (κ1) is 14.3. The van der Waals surface area contributed by atoms with Gasteiger partial charge in [-0.15, -0.1) is 0 Å². The molecule has 2 N–H and O–H groups in total. The molecule has 0 aliphatic carbocycles. The highest BCUT2D eigenvalue weighted by Gasteiger charge is 2.11. The van der Waals surface area contributed by atoms with Gasteiger partial charge in [0.05, 0.1) is 5.02 Å². The quantitative estimate of drug-likeness (QED) is 0.902. The van der Waals surface area contributed by atoms with Gasteiger partial charge in [-0.05, 0) is 43.7 Å². The van der Waals surface area contributed by atoms with Gasteiger partial charge in [0.1, 0.15) is 5.75 Å². The highest BCUT2D eigenvalue weighted by atomic mass is 79.9. The third-order valence-electron chi connectivity index (χ3n) is 2.74. The van der Waals surface area contributed by atoms with Crippen LogP contribution in [0.2, 0.25) is 5.02 Å². The van der Waals surface area contributed by atoms with Gasteiger partial charge in [-0.3, -0.25) is 0 Å². The fourth-order valence-corrected chi connectivity index (χ4v) is 2.54. The van der Waals surface area contributed by atoms with Crippen molar-refractivity contribution in [3.05, 3.63) is 50.6 Å². The molecule has 19 heavy (non-hydrogen) atoms. The number of ether oxygens (including phenoxy) is 1. The smallest absolute Gasteiger partial charge is 0.224 e. The van der Waals surface area contributed by atoms with Crippen molar-refractivity contribution >= 4 is 27.5 Å². The SMILES string of the molecule is Cc1cc(C)c(CN)c(Oc2ccc(Br)cc2Cl)n1. The van der Waals surface area contributed by atoms with Gasteiger partial charge in [0.15, 0.2) is 0 Å². The van der Waals surface area contributed by atoms with Gasteiger partial charge in [-0.1, -0.05) is 27.5 Å². The molecule has 5 heteroatoms. The highest BCUT2D eigenvalue weighted by molar-refractivity contribution is 9.10. The molecular formula is C14H14BrClN2O. The summed E-state index contributed by atoms with van der Waals surface area (Å²) in [6.07, 6.45) is 0. The third-order valence-corrected chi connectivity index (χ3v) is 3.53. The number of aryl methyl sites for hydroxylation is 2. The summed E-state index contributed by atoms with van der Waals surface area (Å²) in [5.74, 6) is 1.08. The maximum absolute atomic E-state index is 6.14. The minimum Gasteiger partial charge on any atom is -0.437 e. The number of rotatable bonds is 3. The van der Waals surface area contributed by atoms with Crippen molar-refractivity contribution in [3.8, 4) is 11.6 Å². The predicted octanol–water partition coefficient (Wildman–Crippen LogP) is 4.37. The number of halogens is 2. The fourth-order valence-electron chi connectivity index (χ4n) is 1.82. The van der Waals surface area contributed by atoms with Crippen LogP contribution in [0, 0.1) is 13.8 Å². The Kier molecular flexibility index (Phi) is 4.45. The molecule has 0 fully saturated rings. The lowest BCUT2D eigenvalue weighted by Gasteiger charge is -2.13. The average molecular weight is 342 g/mol. The molecule has 1 aromatic heterocycles. The van der Waals surface area contributed by atoms with E-state index in [9.17, 15) is 0 Å². The second kappa shape index (κ2) is 5.90. The van der Waals surface area contributed by atoms with Crippen molar-refractivity contribution < 1.29 is 4.74 Å². The van der Waals surface area contributed by atoms with Crippen molar-refractivity contribution in [1.82, 2.24) is 4.98 Å². The topological polar surface area (TPSA) is 48.1 Å². The molecular weight excluding hydrogens is 328 g/mol. The first-order valence-electron chi connectivity index (χ1n) is 5.81. The van der Waals surface area contributed by atoms with E-state index < -0.39 is 0 Å². The van der Waals surface area contributed by atoms with Crippen LogP contribution in [0.25, 0.3) is 0 Å². The lowest BCUT2D eigenvalue weighted by Crippen LogP contribution is -2.05. The molecule has 0 radical (unpaired) electrons. The molecule has 3 nitrogen and oxygen atoms in total. The number of nitrogens with two attached hydrogens (primary N) is 1. The van der Waals surface area contributed by atoms with Gasteiger partial charge in [0.25, 0.3) is 0 Å². The molecule has 2 rings (SSSR count). The highest BCUT2D eigenvalue weighted by Crippen LogP contribution is 2.33. The van der Waals surface area contributed by atoms with Crippen LogP contribution in [0.3, 0.4) is 0 Å². The lowest BCUT2D eigenvalue weighted by atomic mass is 10.1. The first-order valence-corrected chi connectivity index (χ1v) is 6.98. The van der Waals surface area contributed by atoms with Crippen LogP contribution in [0.1, 0.15) is 16.8 Å². The summed E-state index contributed by atoms with van der Waals surface area (Å²) >= 11 is 9.50. The van der Waals surface area contributed by atoms with Gasteiger partial charge in [-0.2, -0.15) is 0 Å². The lowest BCUT2D eigenvalue weighted by molar-refractivity contribution is 0.454. The second-order valence-corrected chi connectivity index (χ2v) is 5.57. The van der Waals surface area contributed by atoms with Crippen molar-refractivity contribution in [2.24, 2.45) is 5.73 Å². The Labute approximate surface area is 125 Å². The van der Waals surface area contributed by atoms with Crippen molar-refractivity contribution in [2.45, 2.75) is 20.4 Å². The van der Waals surface area contributed by atoms with Gasteiger partial charge in [0.2, 0.25) is 5.88 Å². The van der Waals surface area contributed by atoms with E-state index in [1.54, 1.807) is 12.1 Å². The molecule has 0 spiro atoms. The summed E-state index contributed by atoms with van der Waals surface area (Å²) in [5, 5.41) is 0.526. The maximum atomic E-state index is 6.14. The number of aromatic nitrogens is 1. The minimum absolute atomic E-state index is 0.378. The Hall–Kier alpha value is -1.10. The number of nitrogens with zero attached hydrogens (tertiary/aromatic N) is 1. The molecule has 0 aliphatic rings. The fraction of sp³-hybridized carbons (Fsp3) is 0.214. The summed E-state index contributed by atoms with van der Waals surface area (Å²) < 4.78 is 6.70. The third kappa shape index (κ3) is 3.26. The van der Waals surface area contributed by atoms with Crippen LogP contribution in [0.15, 0.2) is 28.7 Å². The largest absolute Gasteiger partial charge is 0.437 e. The van der Waals surface area contributed by atoms with Crippen LogP contribution in [-0.4, -0.2) is 4.98 Å². The zero-order chi connectivity index (χ0) is 14.0. The Bertz CT molecular complexity index is 617. The Morgan fingerprint density at radius 1 is 1.32 bits per heavy atom. The Balaban J connectivity index is 2.42. The van der Waals surface area contributed by atoms with Crippen LogP contribution >= 0.6 is 27.5 Å². The molecule has 0 amide bonds. The van der Waals surface area contributed by atoms with E-state index in [0.717, 1.165) is 21.3 Å². The normalized spacial score (nSPS) is 10.6. The Morgan fingerprint density at radius 2 is 2.05 bits per heavy atom. The molecule has 1 heterocycles. The van der Waals surface area contributed by atoms with Crippen LogP contribution in [-0.2, 0) is 6.54 Å². The van der Waals surface area contributed by atoms with Crippen molar-refractivity contribution in [2.75, 3.05) is 0 Å². The second-order valence-electron chi connectivity index (χ2n) is 4.25. The number of pyridine rings is 1. The summed E-state index contributed by atoms with van der Waals surface area (Å²) in [6, 6.07) is 7.43. The van der Waals surface area contributed by atoms with Crippen LogP contribution in [0.4, 0.5) is 0 Å². The molecule has 0 unspecified atom stereocenters. The van der Waals surface area contributed by atoms with Gasteiger partial charge in [0, 0.05) is 22.3 Å². The van der Waals surface area contributed by atoms with E-state index in [0.29, 0.717) is 23.2 Å². The zero-order valence-electron chi connectivity index (χ0n) is 10.7. The van der Waals surface area contributed by atoms with E-state index >= 15 is 0 Å². The zero-order valence-corrected chi connectivity index (χ0v) is 13.0. The van der Waals surface area contributed by atoms with E-state index in [-0.39, 0.29) is 0 Å².